The Morgan fingerprint density at radius 2 is 1.50 bits per heavy atom. The van der Waals surface area contributed by atoms with E-state index in [0.29, 0.717) is 29.6 Å². The highest BCUT2D eigenvalue weighted by molar-refractivity contribution is 8.15. The highest BCUT2D eigenvalue weighted by Gasteiger charge is 2.26. The van der Waals surface area contributed by atoms with Gasteiger partial charge in [-0.1, -0.05) is 29.6 Å². The van der Waals surface area contributed by atoms with E-state index >= 15 is 0 Å². The summed E-state index contributed by atoms with van der Waals surface area (Å²) in [5.74, 6) is -5.13. The van der Waals surface area contributed by atoms with Crippen LogP contribution in [0.15, 0.2) is 36.4 Å². The van der Waals surface area contributed by atoms with Crippen molar-refractivity contribution in [2.75, 3.05) is 11.5 Å². The summed E-state index contributed by atoms with van der Waals surface area (Å²) in [6.45, 7) is 2.28. The van der Waals surface area contributed by atoms with Crippen molar-refractivity contribution in [2.24, 2.45) is 0 Å². The number of nitrogens with one attached hydrogen (secondary N) is 2. The van der Waals surface area contributed by atoms with Gasteiger partial charge in [0.25, 0.3) is 0 Å². The monoisotopic (exact) mass is 540 g/mol. The molecular weight excluding hydrogens is 518 g/mol. The number of aromatic hydroxyl groups is 1. The molecule has 0 unspecified atom stereocenters. The minimum Gasteiger partial charge on any atom is -0.507 e. The van der Waals surface area contributed by atoms with Crippen LogP contribution in [0.5, 0.6) is 5.75 Å². The lowest BCUT2D eigenvalue weighted by Gasteiger charge is -2.17. The fraction of sp³-hybridized carbons (Fsp3) is 0.261. The van der Waals surface area contributed by atoms with E-state index in [1.165, 1.54) is 24.3 Å². The number of thioether (sulfide) groups is 2. The first-order valence-corrected chi connectivity index (χ1v) is 12.2. The van der Waals surface area contributed by atoms with Crippen LogP contribution in [0.4, 0.5) is 8.78 Å². The highest BCUT2D eigenvalue weighted by atomic mass is 32.2. The molecule has 13 heteroatoms. The van der Waals surface area contributed by atoms with Crippen molar-refractivity contribution in [3.05, 3.63) is 53.6 Å². The van der Waals surface area contributed by atoms with Gasteiger partial charge in [0.05, 0.1) is 5.56 Å². The Balaban J connectivity index is 2.14. The van der Waals surface area contributed by atoms with Gasteiger partial charge in [-0.25, -0.2) is 13.6 Å². The lowest BCUT2D eigenvalue weighted by molar-refractivity contribution is -0.140. The van der Waals surface area contributed by atoms with Gasteiger partial charge < -0.3 is 20.8 Å². The largest absolute Gasteiger partial charge is 0.507 e. The lowest BCUT2D eigenvalue weighted by atomic mass is 10.0. The Hall–Kier alpha value is -3.45. The quantitative estimate of drug-likeness (QED) is 0.357. The summed E-state index contributed by atoms with van der Waals surface area (Å²) in [6, 6.07) is 4.13. The summed E-state index contributed by atoms with van der Waals surface area (Å²) in [4.78, 5) is 59.3. The van der Waals surface area contributed by atoms with Gasteiger partial charge in [-0.15, -0.1) is 0 Å². The molecule has 36 heavy (non-hydrogen) atoms. The molecule has 0 radical (unpaired) electrons. The molecule has 0 aliphatic heterocycles. The van der Waals surface area contributed by atoms with E-state index in [2.05, 4.69) is 10.6 Å². The number of carboxylic acid groups (broad SMARTS) is 1. The van der Waals surface area contributed by atoms with Crippen molar-refractivity contribution >= 4 is 51.5 Å². The maximum absolute atomic E-state index is 14.2. The molecule has 192 valence electrons. The van der Waals surface area contributed by atoms with Gasteiger partial charge in [0.2, 0.25) is 22.0 Å². The van der Waals surface area contributed by atoms with E-state index in [4.69, 9.17) is 5.11 Å². The molecule has 0 saturated carbocycles. The van der Waals surface area contributed by atoms with Gasteiger partial charge in [-0.2, -0.15) is 0 Å². The van der Waals surface area contributed by atoms with Gasteiger partial charge in [0.15, 0.2) is 0 Å². The molecule has 2 amide bonds. The minimum absolute atomic E-state index is 0.00491. The molecule has 2 aromatic rings. The Morgan fingerprint density at radius 1 is 0.889 bits per heavy atom. The van der Waals surface area contributed by atoms with Gasteiger partial charge in [-0.3, -0.25) is 19.2 Å². The molecule has 0 saturated heterocycles. The van der Waals surface area contributed by atoms with Crippen molar-refractivity contribution in [1.82, 2.24) is 10.6 Å². The van der Waals surface area contributed by atoms with E-state index < -0.39 is 57.5 Å². The fourth-order valence-electron chi connectivity index (χ4n) is 2.93. The van der Waals surface area contributed by atoms with Crippen LogP contribution < -0.4 is 10.6 Å². The molecule has 0 spiro atoms. The number of carbonyl (C=O) groups excluding carboxylic acids is 4. The van der Waals surface area contributed by atoms with Gasteiger partial charge in [0.1, 0.15) is 29.5 Å². The van der Waals surface area contributed by atoms with Gasteiger partial charge in [-0.05, 0) is 29.8 Å². The number of carbonyl (C=O) groups is 5. The first-order chi connectivity index (χ1) is 16.9. The maximum atomic E-state index is 14.2. The second kappa shape index (κ2) is 13.0. The van der Waals surface area contributed by atoms with Crippen LogP contribution in [0.25, 0.3) is 11.1 Å². The normalized spacial score (nSPS) is 12.3. The average Bonchev–Trinajstić information content (AvgIpc) is 2.79. The fourth-order valence-corrected chi connectivity index (χ4v) is 4.81. The Morgan fingerprint density at radius 3 is 2.08 bits per heavy atom. The molecule has 2 rings (SSSR count). The summed E-state index contributed by atoms with van der Waals surface area (Å²) in [5.41, 5.74) is 0.0155. The number of benzene rings is 2. The second-order valence-electron chi connectivity index (χ2n) is 7.43. The summed E-state index contributed by atoms with van der Waals surface area (Å²) in [5, 5.41) is 22.5. The highest BCUT2D eigenvalue weighted by Crippen LogP contribution is 2.31. The second-order valence-corrected chi connectivity index (χ2v) is 9.45. The van der Waals surface area contributed by atoms with Crippen molar-refractivity contribution in [3.8, 4) is 16.9 Å². The van der Waals surface area contributed by atoms with Crippen LogP contribution in [0.1, 0.15) is 24.2 Å². The number of aliphatic carboxylic acids is 1. The number of halogens is 2. The molecule has 0 aliphatic rings. The Bertz CT molecular complexity index is 1190. The standard InChI is InChI=1S/C23H22F2N2O7S2/c1-11(28)26-18(21(31)32)9-36-23(34)19(27-12(2)29)10-35-22(33)16-7-13(3-6-20(16)30)15-5-4-14(24)8-17(15)25/h3-8,18-19,30H,9-10H2,1-2H3,(H,26,28)(H,27,29)(H,31,32)/t18-,19-/m1/s1. The number of phenols is 1. The summed E-state index contributed by atoms with van der Waals surface area (Å²) in [6.07, 6.45) is 0. The van der Waals surface area contributed by atoms with E-state index in [1.807, 2.05) is 0 Å². The maximum Gasteiger partial charge on any atom is 0.327 e. The third kappa shape index (κ3) is 8.34. The molecule has 0 aliphatic carbocycles. The molecular formula is C23H22F2N2O7S2. The van der Waals surface area contributed by atoms with Crippen LogP contribution in [-0.4, -0.2) is 61.8 Å². The zero-order valence-electron chi connectivity index (χ0n) is 19.0. The van der Waals surface area contributed by atoms with E-state index in [0.717, 1.165) is 19.9 Å². The predicted octanol–water partition coefficient (Wildman–Crippen LogP) is 2.56. The van der Waals surface area contributed by atoms with Gasteiger partial charge in [0, 0.05) is 37.0 Å². The van der Waals surface area contributed by atoms with Crippen LogP contribution in [-0.2, 0) is 19.2 Å². The number of carboxylic acids is 1. The molecule has 4 N–H and O–H groups in total. The molecule has 9 nitrogen and oxygen atoms in total. The topological polar surface area (TPSA) is 150 Å². The summed E-state index contributed by atoms with van der Waals surface area (Å²) < 4.78 is 27.4. The first-order valence-electron chi connectivity index (χ1n) is 10.3. The Labute approximate surface area is 213 Å². The van der Waals surface area contributed by atoms with Crippen molar-refractivity contribution in [3.63, 3.8) is 0 Å². The van der Waals surface area contributed by atoms with Crippen LogP contribution in [0.3, 0.4) is 0 Å². The number of hydrogen-bond donors (Lipinski definition) is 4. The van der Waals surface area contributed by atoms with Crippen LogP contribution in [0.2, 0.25) is 0 Å². The summed E-state index contributed by atoms with van der Waals surface area (Å²) in [7, 11) is 0. The number of phenolic OH excluding ortho intramolecular Hbond substituents is 1. The van der Waals surface area contributed by atoms with Crippen molar-refractivity contribution < 1.29 is 43.0 Å². The smallest absolute Gasteiger partial charge is 0.327 e. The number of rotatable bonds is 10. The lowest BCUT2D eigenvalue weighted by Crippen LogP contribution is -2.44. The SMILES string of the molecule is CC(=O)N[C@H](CSC(=O)[C@@H](CSC(=O)c1cc(-c2ccc(F)cc2F)ccc1O)NC(C)=O)C(=O)O. The average molecular weight is 541 g/mol. The van der Waals surface area contributed by atoms with Crippen LogP contribution >= 0.6 is 23.5 Å². The molecule has 2 aromatic carbocycles. The predicted molar refractivity (Wildman–Crippen MR) is 131 cm³/mol. The van der Waals surface area contributed by atoms with E-state index in [1.54, 1.807) is 0 Å². The minimum atomic E-state index is -1.35. The number of amides is 2. The van der Waals surface area contributed by atoms with E-state index in [9.17, 15) is 37.9 Å². The molecule has 0 fully saturated rings. The molecule has 0 heterocycles. The zero-order valence-corrected chi connectivity index (χ0v) is 20.7. The van der Waals surface area contributed by atoms with Crippen LogP contribution in [0, 0.1) is 11.6 Å². The summed E-state index contributed by atoms with van der Waals surface area (Å²) >= 11 is 1.16. The molecule has 0 aromatic heterocycles. The Kier molecular flexibility index (Phi) is 10.4. The third-order valence-electron chi connectivity index (χ3n) is 4.57. The van der Waals surface area contributed by atoms with Crippen molar-refractivity contribution in [2.45, 2.75) is 25.9 Å². The molecule has 0 bridgehead atoms. The molecule has 2 atom stereocenters. The zero-order chi connectivity index (χ0) is 27.0. The number of hydrogen-bond acceptors (Lipinski definition) is 8. The third-order valence-corrected chi connectivity index (χ3v) is 6.62. The van der Waals surface area contributed by atoms with Gasteiger partial charge >= 0.3 is 5.97 Å². The van der Waals surface area contributed by atoms with Crippen molar-refractivity contribution in [1.29, 1.82) is 0 Å². The van der Waals surface area contributed by atoms with E-state index in [-0.39, 0.29) is 28.2 Å². The first kappa shape index (κ1) is 28.8.